The molecule has 0 saturated heterocycles. The number of pyridine rings is 1. The summed E-state index contributed by atoms with van der Waals surface area (Å²) in [7, 11) is 0. The van der Waals surface area contributed by atoms with Gasteiger partial charge in [0.2, 0.25) is 0 Å². The van der Waals surface area contributed by atoms with Gasteiger partial charge < -0.3 is 10.1 Å². The molecular weight excluding hydrogens is 288 g/mol. The Kier molecular flexibility index (Phi) is 6.08. The largest absolute Gasteiger partial charge is 0.492 e. The zero-order valence-corrected chi connectivity index (χ0v) is 12.7. The number of aromatic nitrogens is 3. The van der Waals surface area contributed by atoms with Gasteiger partial charge in [0.1, 0.15) is 10.6 Å². The van der Waals surface area contributed by atoms with Gasteiger partial charge in [-0.25, -0.2) is 0 Å². The Morgan fingerprint density at radius 2 is 2.38 bits per heavy atom. The molecule has 0 aromatic carbocycles. The number of rotatable bonds is 8. The van der Waals surface area contributed by atoms with Gasteiger partial charge in [0.25, 0.3) is 5.91 Å². The Morgan fingerprint density at radius 3 is 3.14 bits per heavy atom. The predicted molar refractivity (Wildman–Crippen MR) is 80.6 cm³/mol. The van der Waals surface area contributed by atoms with Gasteiger partial charge in [-0.3, -0.25) is 9.78 Å². The number of nitrogens with zero attached hydrogens (tertiary/aromatic N) is 3. The summed E-state index contributed by atoms with van der Waals surface area (Å²) in [4.78, 5) is 16.6. The van der Waals surface area contributed by atoms with E-state index in [9.17, 15) is 4.79 Å². The first kappa shape index (κ1) is 15.4. The molecule has 0 saturated carbocycles. The van der Waals surface area contributed by atoms with Crippen molar-refractivity contribution in [2.75, 3.05) is 13.2 Å². The van der Waals surface area contributed by atoms with Gasteiger partial charge in [0.05, 0.1) is 18.5 Å². The topological polar surface area (TPSA) is 77.0 Å². The summed E-state index contributed by atoms with van der Waals surface area (Å²) in [5.41, 5.74) is 0.784. The molecular formula is C14H18N4O2S. The van der Waals surface area contributed by atoms with E-state index in [1.807, 2.05) is 12.1 Å². The van der Waals surface area contributed by atoms with Crippen molar-refractivity contribution in [3.8, 4) is 5.75 Å². The standard InChI is InChI=1S/C14H18N4O2S/c1-2-5-12-13(21-18-17-12)14(19)16-8-4-9-20-11-6-3-7-15-10-11/h3,6-7,10H,2,4-5,8-9H2,1H3,(H,16,19). The molecule has 0 aliphatic heterocycles. The molecule has 2 aromatic heterocycles. The fourth-order valence-corrected chi connectivity index (χ4v) is 2.38. The highest BCUT2D eigenvalue weighted by Gasteiger charge is 2.14. The van der Waals surface area contributed by atoms with Gasteiger partial charge in [-0.2, -0.15) is 0 Å². The van der Waals surface area contributed by atoms with E-state index in [4.69, 9.17) is 4.74 Å². The lowest BCUT2D eigenvalue weighted by atomic mass is 10.2. The monoisotopic (exact) mass is 306 g/mol. The van der Waals surface area contributed by atoms with Crippen molar-refractivity contribution >= 4 is 17.4 Å². The third kappa shape index (κ3) is 4.78. The molecule has 7 heteroatoms. The maximum absolute atomic E-state index is 12.0. The van der Waals surface area contributed by atoms with Gasteiger partial charge >= 0.3 is 0 Å². The molecule has 6 nitrogen and oxygen atoms in total. The van der Waals surface area contributed by atoms with Crippen molar-refractivity contribution in [3.05, 3.63) is 35.1 Å². The summed E-state index contributed by atoms with van der Waals surface area (Å²) in [5, 5.41) is 6.85. The molecule has 0 unspecified atom stereocenters. The summed E-state index contributed by atoms with van der Waals surface area (Å²) in [6.45, 7) is 3.15. The quantitative estimate of drug-likeness (QED) is 0.756. The van der Waals surface area contributed by atoms with Crippen molar-refractivity contribution < 1.29 is 9.53 Å². The number of hydrogen-bond acceptors (Lipinski definition) is 6. The van der Waals surface area contributed by atoms with Crippen LogP contribution in [0.15, 0.2) is 24.5 Å². The Bertz CT molecular complexity index is 559. The number of carbonyl (C=O) groups is 1. The van der Waals surface area contributed by atoms with Gasteiger partial charge in [-0.1, -0.05) is 17.8 Å². The molecule has 1 amide bonds. The second kappa shape index (κ2) is 8.31. The minimum atomic E-state index is -0.102. The van der Waals surface area contributed by atoms with Crippen LogP contribution in [0.25, 0.3) is 0 Å². The first-order chi connectivity index (χ1) is 10.3. The third-order valence-corrected chi connectivity index (χ3v) is 3.53. The highest BCUT2D eigenvalue weighted by Crippen LogP contribution is 2.12. The molecule has 112 valence electrons. The molecule has 0 radical (unpaired) electrons. The van der Waals surface area contributed by atoms with Crippen LogP contribution in [0.1, 0.15) is 35.1 Å². The number of nitrogens with one attached hydrogen (secondary N) is 1. The Morgan fingerprint density at radius 1 is 1.48 bits per heavy atom. The number of amides is 1. The molecule has 0 aliphatic carbocycles. The van der Waals surface area contributed by atoms with Crippen molar-refractivity contribution in [3.63, 3.8) is 0 Å². The van der Waals surface area contributed by atoms with Crippen molar-refractivity contribution in [1.82, 2.24) is 19.9 Å². The van der Waals surface area contributed by atoms with E-state index in [2.05, 4.69) is 26.8 Å². The van der Waals surface area contributed by atoms with Crippen molar-refractivity contribution in [2.24, 2.45) is 0 Å². The summed E-state index contributed by atoms with van der Waals surface area (Å²) in [6, 6.07) is 3.68. The number of ether oxygens (including phenoxy) is 1. The summed E-state index contributed by atoms with van der Waals surface area (Å²) in [6.07, 6.45) is 5.83. The lowest BCUT2D eigenvalue weighted by Gasteiger charge is -2.06. The summed E-state index contributed by atoms with van der Waals surface area (Å²) >= 11 is 1.15. The molecule has 2 aromatic rings. The summed E-state index contributed by atoms with van der Waals surface area (Å²) < 4.78 is 9.35. The van der Waals surface area contributed by atoms with Gasteiger partial charge in [-0.15, -0.1) is 5.10 Å². The van der Waals surface area contributed by atoms with E-state index in [1.165, 1.54) is 0 Å². The zero-order valence-electron chi connectivity index (χ0n) is 11.9. The van der Waals surface area contributed by atoms with Gasteiger partial charge in [0.15, 0.2) is 0 Å². The van der Waals surface area contributed by atoms with Crippen LogP contribution in [-0.4, -0.2) is 33.6 Å². The molecule has 0 fully saturated rings. The molecule has 0 bridgehead atoms. The van der Waals surface area contributed by atoms with Crippen LogP contribution in [0.5, 0.6) is 5.75 Å². The maximum atomic E-state index is 12.0. The summed E-state index contributed by atoms with van der Waals surface area (Å²) in [5.74, 6) is 0.635. The van der Waals surface area contributed by atoms with E-state index in [0.29, 0.717) is 18.0 Å². The second-order valence-corrected chi connectivity index (χ2v) is 5.20. The van der Waals surface area contributed by atoms with E-state index < -0.39 is 0 Å². The smallest absolute Gasteiger partial charge is 0.264 e. The fraction of sp³-hybridized carbons (Fsp3) is 0.429. The minimum Gasteiger partial charge on any atom is -0.492 e. The van der Waals surface area contributed by atoms with E-state index in [-0.39, 0.29) is 5.91 Å². The molecule has 2 rings (SSSR count). The van der Waals surface area contributed by atoms with Crippen LogP contribution in [0.3, 0.4) is 0 Å². The normalized spacial score (nSPS) is 10.3. The highest BCUT2D eigenvalue weighted by molar-refractivity contribution is 7.08. The zero-order chi connectivity index (χ0) is 14.9. The van der Waals surface area contributed by atoms with Crippen LogP contribution in [-0.2, 0) is 6.42 Å². The first-order valence-electron chi connectivity index (χ1n) is 6.93. The lowest BCUT2D eigenvalue weighted by Crippen LogP contribution is -2.25. The van der Waals surface area contributed by atoms with Gasteiger partial charge in [-0.05, 0) is 36.5 Å². The van der Waals surface area contributed by atoms with Crippen LogP contribution in [0.4, 0.5) is 0 Å². The third-order valence-electron chi connectivity index (χ3n) is 2.76. The average Bonchev–Trinajstić information content (AvgIpc) is 2.96. The second-order valence-electron chi connectivity index (χ2n) is 4.45. The number of aryl methyl sites for hydroxylation is 1. The van der Waals surface area contributed by atoms with Gasteiger partial charge in [0, 0.05) is 12.7 Å². The average molecular weight is 306 g/mol. The first-order valence-corrected chi connectivity index (χ1v) is 7.71. The van der Waals surface area contributed by atoms with Crippen molar-refractivity contribution in [1.29, 1.82) is 0 Å². The van der Waals surface area contributed by atoms with Crippen LogP contribution in [0, 0.1) is 0 Å². The van der Waals surface area contributed by atoms with E-state index >= 15 is 0 Å². The Balaban J connectivity index is 1.68. The Labute approximate surface area is 127 Å². The molecule has 21 heavy (non-hydrogen) atoms. The lowest BCUT2D eigenvalue weighted by molar-refractivity contribution is 0.0954. The molecule has 0 spiro atoms. The van der Waals surface area contributed by atoms with Crippen LogP contribution >= 0.6 is 11.5 Å². The SMILES string of the molecule is CCCc1nnsc1C(=O)NCCCOc1cccnc1. The molecule has 2 heterocycles. The fourth-order valence-electron chi connectivity index (χ4n) is 1.76. The maximum Gasteiger partial charge on any atom is 0.264 e. The highest BCUT2D eigenvalue weighted by atomic mass is 32.1. The number of carbonyl (C=O) groups excluding carboxylic acids is 1. The number of hydrogen-bond donors (Lipinski definition) is 1. The molecule has 1 N–H and O–H groups in total. The van der Waals surface area contributed by atoms with Crippen LogP contribution in [0.2, 0.25) is 0 Å². The molecule has 0 atom stereocenters. The predicted octanol–water partition coefficient (Wildman–Crippen LogP) is 2.08. The van der Waals surface area contributed by atoms with E-state index in [1.54, 1.807) is 12.4 Å². The Hall–Kier alpha value is -2.02. The molecule has 0 aliphatic rings. The minimum absolute atomic E-state index is 0.102. The van der Waals surface area contributed by atoms with Crippen molar-refractivity contribution in [2.45, 2.75) is 26.2 Å². The van der Waals surface area contributed by atoms with Crippen LogP contribution < -0.4 is 10.1 Å². The van der Waals surface area contributed by atoms with E-state index in [0.717, 1.165) is 42.2 Å².